The van der Waals surface area contributed by atoms with E-state index in [4.69, 9.17) is 4.74 Å². The van der Waals surface area contributed by atoms with E-state index in [1.165, 1.54) is 0 Å². The van der Waals surface area contributed by atoms with Gasteiger partial charge in [-0.1, -0.05) is 48.2 Å². The molecule has 1 aromatic rings. The largest absolute Gasteiger partial charge is 0.378 e. The molecular weight excluding hydrogens is 200 g/mol. The third-order valence-corrected chi connectivity index (χ3v) is 1.89. The quantitative estimate of drug-likeness (QED) is 0.781. The van der Waals surface area contributed by atoms with E-state index in [0.717, 1.165) is 5.56 Å². The summed E-state index contributed by atoms with van der Waals surface area (Å²) >= 11 is 0. The second-order valence-corrected chi connectivity index (χ2v) is 3.31. The fraction of sp³-hybridized carbons (Fsp3) is 0.286. The zero-order valence-corrected chi connectivity index (χ0v) is 9.39. The minimum atomic E-state index is -0.722. The Morgan fingerprint density at radius 2 is 2.12 bits per heavy atom. The topological polar surface area (TPSA) is 29.5 Å². The van der Waals surface area contributed by atoms with Crippen LogP contribution in [-0.4, -0.2) is 17.8 Å². The Morgan fingerprint density at radius 1 is 1.38 bits per heavy atom. The number of benzene rings is 1. The second-order valence-electron chi connectivity index (χ2n) is 3.31. The van der Waals surface area contributed by atoms with E-state index >= 15 is 0 Å². The molecule has 1 atom stereocenters. The lowest BCUT2D eigenvalue weighted by atomic mass is 10.2. The average Bonchev–Trinajstić information content (AvgIpc) is 2.31. The van der Waals surface area contributed by atoms with Crippen molar-refractivity contribution in [2.24, 2.45) is 0 Å². The monoisotopic (exact) mass is 216 g/mol. The lowest BCUT2D eigenvalue weighted by Crippen LogP contribution is -2.12. The van der Waals surface area contributed by atoms with Crippen LogP contribution in [0.4, 0.5) is 0 Å². The van der Waals surface area contributed by atoms with Gasteiger partial charge in [0.2, 0.25) is 0 Å². The molecule has 0 bridgehead atoms. The first-order valence-electron chi connectivity index (χ1n) is 5.25. The molecule has 0 aliphatic carbocycles. The van der Waals surface area contributed by atoms with Gasteiger partial charge in [0.05, 0.1) is 13.2 Å². The third kappa shape index (κ3) is 5.35. The first-order chi connectivity index (χ1) is 7.83. The predicted octanol–water partition coefficient (Wildman–Crippen LogP) is 2.14. The SMILES string of the molecule is C/C=C\C#C[C@@H](O)COCc1ccccc1. The van der Waals surface area contributed by atoms with Gasteiger partial charge in [0.15, 0.2) is 0 Å². The number of allylic oxidation sites excluding steroid dienone is 2. The highest BCUT2D eigenvalue weighted by Crippen LogP contribution is 2.00. The maximum atomic E-state index is 9.42. The van der Waals surface area contributed by atoms with Crippen molar-refractivity contribution in [3.63, 3.8) is 0 Å². The van der Waals surface area contributed by atoms with Crippen LogP contribution in [-0.2, 0) is 11.3 Å². The Labute approximate surface area is 96.6 Å². The average molecular weight is 216 g/mol. The first-order valence-corrected chi connectivity index (χ1v) is 5.25. The summed E-state index contributed by atoms with van der Waals surface area (Å²) in [5.74, 6) is 5.39. The van der Waals surface area contributed by atoms with Gasteiger partial charge in [-0.25, -0.2) is 0 Å². The van der Waals surface area contributed by atoms with Gasteiger partial charge in [0.1, 0.15) is 6.10 Å². The van der Waals surface area contributed by atoms with Crippen LogP contribution in [0.25, 0.3) is 0 Å². The van der Waals surface area contributed by atoms with Gasteiger partial charge >= 0.3 is 0 Å². The number of aliphatic hydroxyl groups excluding tert-OH is 1. The third-order valence-electron chi connectivity index (χ3n) is 1.89. The van der Waals surface area contributed by atoms with Gasteiger partial charge in [-0.15, -0.1) is 0 Å². The molecule has 2 nitrogen and oxygen atoms in total. The van der Waals surface area contributed by atoms with Crippen molar-refractivity contribution in [3.8, 4) is 11.8 Å². The van der Waals surface area contributed by atoms with Crippen LogP contribution in [0.1, 0.15) is 12.5 Å². The van der Waals surface area contributed by atoms with Crippen molar-refractivity contribution < 1.29 is 9.84 Å². The van der Waals surface area contributed by atoms with Gasteiger partial charge < -0.3 is 9.84 Å². The zero-order valence-electron chi connectivity index (χ0n) is 9.39. The Balaban J connectivity index is 2.24. The second kappa shape index (κ2) is 7.70. The highest BCUT2D eigenvalue weighted by Gasteiger charge is 1.98. The summed E-state index contributed by atoms with van der Waals surface area (Å²) in [6.45, 7) is 2.62. The van der Waals surface area contributed by atoms with E-state index in [0.29, 0.717) is 6.61 Å². The summed E-state index contributed by atoms with van der Waals surface area (Å²) in [6, 6.07) is 9.85. The van der Waals surface area contributed by atoms with E-state index in [2.05, 4.69) is 11.8 Å². The maximum absolute atomic E-state index is 9.42. The highest BCUT2D eigenvalue weighted by molar-refractivity contribution is 5.17. The van der Waals surface area contributed by atoms with Crippen LogP contribution < -0.4 is 0 Å². The summed E-state index contributed by atoms with van der Waals surface area (Å²) in [6.07, 6.45) is 2.80. The van der Waals surface area contributed by atoms with E-state index < -0.39 is 6.10 Å². The Morgan fingerprint density at radius 3 is 2.81 bits per heavy atom. The Bertz CT molecular complexity index is 371. The summed E-state index contributed by atoms with van der Waals surface area (Å²) in [5, 5.41) is 9.42. The molecule has 0 heterocycles. The van der Waals surface area contributed by atoms with Crippen LogP contribution in [0.2, 0.25) is 0 Å². The van der Waals surface area contributed by atoms with E-state index in [1.54, 1.807) is 6.08 Å². The maximum Gasteiger partial charge on any atom is 0.138 e. The summed E-state index contributed by atoms with van der Waals surface area (Å²) in [4.78, 5) is 0. The predicted molar refractivity (Wildman–Crippen MR) is 64.7 cm³/mol. The molecule has 0 fully saturated rings. The molecule has 0 aromatic heterocycles. The molecule has 2 heteroatoms. The molecule has 1 rings (SSSR count). The van der Waals surface area contributed by atoms with Gasteiger partial charge in [-0.05, 0) is 18.6 Å². The van der Waals surface area contributed by atoms with Crippen molar-refractivity contribution in [1.82, 2.24) is 0 Å². The standard InChI is InChI=1S/C14H16O2/c1-2-3-5-10-14(15)12-16-11-13-8-6-4-7-9-13/h2-4,6-9,14-15H,11-12H2,1H3/b3-2-/t14-/m1/s1. The normalized spacial score (nSPS) is 12.1. The number of hydrogen-bond acceptors (Lipinski definition) is 2. The molecule has 1 aromatic carbocycles. The zero-order chi connectivity index (χ0) is 11.6. The van der Waals surface area contributed by atoms with Crippen LogP contribution >= 0.6 is 0 Å². The highest BCUT2D eigenvalue weighted by atomic mass is 16.5. The van der Waals surface area contributed by atoms with Crippen molar-refractivity contribution >= 4 is 0 Å². The molecule has 0 saturated heterocycles. The molecule has 1 N–H and O–H groups in total. The molecule has 84 valence electrons. The van der Waals surface area contributed by atoms with Crippen LogP contribution in [0.5, 0.6) is 0 Å². The number of ether oxygens (including phenoxy) is 1. The molecule has 0 aliphatic rings. The van der Waals surface area contributed by atoms with E-state index in [1.807, 2.05) is 43.3 Å². The van der Waals surface area contributed by atoms with Gasteiger partial charge in [0.25, 0.3) is 0 Å². The fourth-order valence-corrected chi connectivity index (χ4v) is 1.13. The molecule has 0 radical (unpaired) electrons. The van der Waals surface area contributed by atoms with Crippen LogP contribution in [0.3, 0.4) is 0 Å². The molecule has 16 heavy (non-hydrogen) atoms. The molecule has 0 amide bonds. The van der Waals surface area contributed by atoms with E-state index in [9.17, 15) is 5.11 Å². The minimum absolute atomic E-state index is 0.236. The lowest BCUT2D eigenvalue weighted by molar-refractivity contribution is 0.0544. The Hall–Kier alpha value is -1.56. The Kier molecular flexibility index (Phi) is 6.02. The molecule has 0 saturated carbocycles. The summed E-state index contributed by atoms with van der Waals surface area (Å²) in [7, 11) is 0. The lowest BCUT2D eigenvalue weighted by Gasteiger charge is -2.05. The number of hydrogen-bond donors (Lipinski definition) is 1. The molecule has 0 unspecified atom stereocenters. The molecule has 0 spiro atoms. The van der Waals surface area contributed by atoms with Gasteiger partial charge in [-0.2, -0.15) is 0 Å². The van der Waals surface area contributed by atoms with Crippen LogP contribution in [0, 0.1) is 11.8 Å². The number of rotatable bonds is 4. The van der Waals surface area contributed by atoms with Crippen molar-refractivity contribution in [3.05, 3.63) is 48.0 Å². The molecule has 0 aliphatic heterocycles. The smallest absolute Gasteiger partial charge is 0.138 e. The van der Waals surface area contributed by atoms with E-state index in [-0.39, 0.29) is 6.61 Å². The van der Waals surface area contributed by atoms with Gasteiger partial charge in [-0.3, -0.25) is 0 Å². The van der Waals surface area contributed by atoms with Crippen molar-refractivity contribution in [2.45, 2.75) is 19.6 Å². The van der Waals surface area contributed by atoms with Crippen LogP contribution in [0.15, 0.2) is 42.5 Å². The van der Waals surface area contributed by atoms with Crippen molar-refractivity contribution in [2.75, 3.05) is 6.61 Å². The minimum Gasteiger partial charge on any atom is -0.378 e. The molecular formula is C14H16O2. The van der Waals surface area contributed by atoms with Crippen molar-refractivity contribution in [1.29, 1.82) is 0 Å². The summed E-state index contributed by atoms with van der Waals surface area (Å²) < 4.78 is 5.34. The van der Waals surface area contributed by atoms with Gasteiger partial charge in [0, 0.05) is 0 Å². The first kappa shape index (κ1) is 12.5. The number of aliphatic hydroxyl groups is 1. The summed E-state index contributed by atoms with van der Waals surface area (Å²) in [5.41, 5.74) is 1.09. The fourth-order valence-electron chi connectivity index (χ4n) is 1.13.